The number of likely N-dealkylation sites (N-methyl/N-ethyl adjacent to an activating group) is 1. The van der Waals surface area contributed by atoms with Crippen LogP contribution >= 0.6 is 0 Å². The van der Waals surface area contributed by atoms with Gasteiger partial charge in [-0.25, -0.2) is 0 Å². The number of aliphatic imine (C=N–C) groups is 1. The average Bonchev–Trinajstić information content (AvgIpc) is 3.20. The van der Waals surface area contributed by atoms with E-state index in [0.29, 0.717) is 19.0 Å². The topological polar surface area (TPSA) is 52.1 Å². The van der Waals surface area contributed by atoms with Crippen molar-refractivity contribution in [2.75, 3.05) is 60.5 Å². The predicted octanol–water partition coefficient (Wildman–Crippen LogP) is 2.49. The molecule has 0 radical (unpaired) electrons. The van der Waals surface area contributed by atoms with Gasteiger partial charge in [-0.3, -0.25) is 14.8 Å². The lowest BCUT2D eigenvalue weighted by molar-refractivity contribution is -0.142. The van der Waals surface area contributed by atoms with E-state index in [1.165, 1.54) is 24.8 Å². The van der Waals surface area contributed by atoms with Gasteiger partial charge < -0.3 is 15.4 Å². The minimum absolute atomic E-state index is 0.125. The molecule has 0 aliphatic carbocycles. The van der Waals surface area contributed by atoms with E-state index >= 15 is 0 Å². The molecule has 1 unspecified atom stereocenters. The molecule has 0 spiro atoms. The predicted molar refractivity (Wildman–Crippen MR) is 109 cm³/mol. The van der Waals surface area contributed by atoms with Crippen molar-refractivity contribution in [2.45, 2.75) is 25.1 Å². The maximum Gasteiger partial charge on any atom is 0.401 e. The van der Waals surface area contributed by atoms with Gasteiger partial charge in [0, 0.05) is 32.2 Å². The summed E-state index contributed by atoms with van der Waals surface area (Å²) in [6.45, 7) is 2.39. The third-order valence-electron chi connectivity index (χ3n) is 5.00. The zero-order valence-corrected chi connectivity index (χ0v) is 17.4. The summed E-state index contributed by atoms with van der Waals surface area (Å²) in [4.78, 5) is 7.86. The van der Waals surface area contributed by atoms with Gasteiger partial charge in [-0.05, 0) is 39.0 Å². The number of hydrogen-bond donors (Lipinski definition) is 2. The summed E-state index contributed by atoms with van der Waals surface area (Å²) in [5.74, 6) is 1.42. The standard InChI is InChI=1S/C20H32F3N5O/c1-24-19(25-10-13-27(2)15-20(21,22)23)26-14-17(28-11-6-7-12-28)16-8-4-5-9-18(16)29-3/h4-5,8-9,17H,6-7,10-15H2,1-3H3,(H2,24,25,26). The highest BCUT2D eigenvalue weighted by molar-refractivity contribution is 5.79. The molecule has 0 bridgehead atoms. The summed E-state index contributed by atoms with van der Waals surface area (Å²) in [5, 5.41) is 6.41. The highest BCUT2D eigenvalue weighted by atomic mass is 19.4. The van der Waals surface area contributed by atoms with E-state index in [0.717, 1.165) is 24.4 Å². The molecule has 0 saturated carbocycles. The van der Waals surface area contributed by atoms with E-state index in [-0.39, 0.29) is 12.6 Å². The van der Waals surface area contributed by atoms with Gasteiger partial charge in [-0.1, -0.05) is 18.2 Å². The number of alkyl halides is 3. The number of para-hydroxylation sites is 1. The van der Waals surface area contributed by atoms with Gasteiger partial charge in [0.05, 0.1) is 19.7 Å². The molecule has 1 atom stereocenters. The van der Waals surface area contributed by atoms with E-state index in [4.69, 9.17) is 4.74 Å². The lowest BCUT2D eigenvalue weighted by atomic mass is 10.0. The molecule has 1 heterocycles. The van der Waals surface area contributed by atoms with Crippen LogP contribution in [0.15, 0.2) is 29.3 Å². The highest BCUT2D eigenvalue weighted by Crippen LogP contribution is 2.31. The summed E-state index contributed by atoms with van der Waals surface area (Å²) in [6, 6.07) is 8.12. The number of nitrogens with zero attached hydrogens (tertiary/aromatic N) is 3. The molecule has 2 rings (SSSR count). The fourth-order valence-electron chi connectivity index (χ4n) is 3.59. The summed E-state index contributed by atoms with van der Waals surface area (Å²) in [5.41, 5.74) is 1.12. The normalized spacial score (nSPS) is 16.9. The van der Waals surface area contributed by atoms with Gasteiger partial charge in [0.2, 0.25) is 0 Å². The van der Waals surface area contributed by atoms with Gasteiger partial charge in [0.1, 0.15) is 5.75 Å². The minimum atomic E-state index is -4.19. The zero-order chi connectivity index (χ0) is 21.3. The van der Waals surface area contributed by atoms with Gasteiger partial charge in [-0.15, -0.1) is 0 Å². The smallest absolute Gasteiger partial charge is 0.401 e. The largest absolute Gasteiger partial charge is 0.496 e. The number of benzene rings is 1. The molecule has 2 N–H and O–H groups in total. The second kappa shape index (κ2) is 11.3. The Labute approximate surface area is 171 Å². The number of rotatable bonds is 9. The fourth-order valence-corrected chi connectivity index (χ4v) is 3.59. The second-order valence-electron chi connectivity index (χ2n) is 7.23. The van der Waals surface area contributed by atoms with Crippen LogP contribution in [-0.4, -0.2) is 82.4 Å². The highest BCUT2D eigenvalue weighted by Gasteiger charge is 2.29. The Hall–Kier alpha value is -2.00. The van der Waals surface area contributed by atoms with Crippen LogP contribution in [0.3, 0.4) is 0 Å². The maximum atomic E-state index is 12.4. The van der Waals surface area contributed by atoms with Gasteiger partial charge >= 0.3 is 6.18 Å². The molecule has 9 heteroatoms. The molecule has 1 aromatic rings. The monoisotopic (exact) mass is 415 g/mol. The van der Waals surface area contributed by atoms with Crippen LogP contribution in [0, 0.1) is 0 Å². The van der Waals surface area contributed by atoms with Crippen molar-refractivity contribution < 1.29 is 17.9 Å². The number of nitrogens with one attached hydrogen (secondary N) is 2. The summed E-state index contributed by atoms with van der Waals surface area (Å²) in [7, 11) is 4.78. The third-order valence-corrected chi connectivity index (χ3v) is 5.00. The van der Waals surface area contributed by atoms with Crippen LogP contribution in [0.5, 0.6) is 5.75 Å². The summed E-state index contributed by atoms with van der Waals surface area (Å²) < 4.78 is 42.8. The third kappa shape index (κ3) is 7.74. The quantitative estimate of drug-likeness (QED) is 0.480. The van der Waals surface area contributed by atoms with Crippen LogP contribution < -0.4 is 15.4 Å². The van der Waals surface area contributed by atoms with Gasteiger partial charge in [0.25, 0.3) is 0 Å². The Morgan fingerprint density at radius 3 is 2.55 bits per heavy atom. The van der Waals surface area contributed by atoms with Crippen molar-refractivity contribution in [3.63, 3.8) is 0 Å². The Bertz CT molecular complexity index is 647. The Balaban J connectivity index is 1.93. The summed E-state index contributed by atoms with van der Waals surface area (Å²) in [6.07, 6.45) is -1.85. The Morgan fingerprint density at radius 2 is 1.93 bits per heavy atom. The number of guanidine groups is 1. The molecule has 164 valence electrons. The van der Waals surface area contributed by atoms with Crippen LogP contribution in [-0.2, 0) is 0 Å². The average molecular weight is 416 g/mol. The van der Waals surface area contributed by atoms with Crippen molar-refractivity contribution in [1.82, 2.24) is 20.4 Å². The molecule has 1 aliphatic heterocycles. The molecule has 6 nitrogen and oxygen atoms in total. The van der Waals surface area contributed by atoms with E-state index in [9.17, 15) is 13.2 Å². The molecule has 29 heavy (non-hydrogen) atoms. The number of halogens is 3. The van der Waals surface area contributed by atoms with Crippen molar-refractivity contribution in [3.05, 3.63) is 29.8 Å². The molecule has 0 aromatic heterocycles. The van der Waals surface area contributed by atoms with Crippen molar-refractivity contribution in [2.24, 2.45) is 4.99 Å². The molecule has 1 aromatic carbocycles. The second-order valence-corrected chi connectivity index (χ2v) is 7.23. The van der Waals surface area contributed by atoms with Crippen molar-refractivity contribution in [3.8, 4) is 5.75 Å². The molecular weight excluding hydrogens is 383 g/mol. The van der Waals surface area contributed by atoms with Crippen LogP contribution in [0.25, 0.3) is 0 Å². The number of methoxy groups -OCH3 is 1. The molecule has 1 aliphatic rings. The maximum absolute atomic E-state index is 12.4. The SMILES string of the molecule is CN=C(NCCN(C)CC(F)(F)F)NCC(c1ccccc1OC)N1CCCC1. The van der Waals surface area contributed by atoms with E-state index in [1.54, 1.807) is 14.2 Å². The van der Waals surface area contributed by atoms with E-state index < -0.39 is 12.7 Å². The van der Waals surface area contributed by atoms with Gasteiger partial charge in [-0.2, -0.15) is 13.2 Å². The first-order chi connectivity index (χ1) is 13.8. The number of ether oxygens (including phenoxy) is 1. The lowest BCUT2D eigenvalue weighted by Crippen LogP contribution is -2.45. The number of hydrogen-bond acceptors (Lipinski definition) is 4. The minimum Gasteiger partial charge on any atom is -0.496 e. The molecular formula is C20H32F3N5O. The van der Waals surface area contributed by atoms with Crippen LogP contribution in [0.4, 0.5) is 13.2 Å². The Morgan fingerprint density at radius 1 is 1.24 bits per heavy atom. The first-order valence-electron chi connectivity index (χ1n) is 9.91. The first-order valence-corrected chi connectivity index (χ1v) is 9.91. The zero-order valence-electron chi connectivity index (χ0n) is 17.4. The Kier molecular flexibility index (Phi) is 9.03. The lowest BCUT2D eigenvalue weighted by Gasteiger charge is -2.30. The van der Waals surface area contributed by atoms with Crippen molar-refractivity contribution >= 4 is 5.96 Å². The van der Waals surface area contributed by atoms with Crippen LogP contribution in [0.1, 0.15) is 24.4 Å². The van der Waals surface area contributed by atoms with Crippen LogP contribution in [0.2, 0.25) is 0 Å². The summed E-state index contributed by atoms with van der Waals surface area (Å²) >= 11 is 0. The van der Waals surface area contributed by atoms with E-state index in [1.807, 2.05) is 18.2 Å². The van der Waals surface area contributed by atoms with E-state index in [2.05, 4.69) is 26.6 Å². The van der Waals surface area contributed by atoms with Gasteiger partial charge in [0.15, 0.2) is 5.96 Å². The molecule has 0 amide bonds. The molecule has 1 saturated heterocycles. The molecule has 1 fully saturated rings. The van der Waals surface area contributed by atoms with Crippen molar-refractivity contribution in [1.29, 1.82) is 0 Å². The fraction of sp³-hybridized carbons (Fsp3) is 0.650. The number of likely N-dealkylation sites (tertiary alicyclic amines) is 1. The first kappa shape index (κ1) is 23.3.